The Labute approximate surface area is 123 Å². The summed E-state index contributed by atoms with van der Waals surface area (Å²) in [7, 11) is 0. The van der Waals surface area contributed by atoms with Crippen molar-refractivity contribution in [2.75, 3.05) is 0 Å². The van der Waals surface area contributed by atoms with Crippen molar-refractivity contribution in [3.63, 3.8) is 0 Å². The van der Waals surface area contributed by atoms with E-state index in [1.54, 1.807) is 13.0 Å². The Morgan fingerprint density at radius 2 is 2.15 bits per heavy atom. The van der Waals surface area contributed by atoms with E-state index in [-0.39, 0.29) is 17.7 Å². The summed E-state index contributed by atoms with van der Waals surface area (Å²) in [4.78, 5) is 23.2. The number of hydrogen-bond donors (Lipinski definition) is 2. The molecule has 0 bridgehead atoms. The lowest BCUT2D eigenvalue weighted by atomic mass is 9.99. The molecule has 20 heavy (non-hydrogen) atoms. The van der Waals surface area contributed by atoms with Crippen LogP contribution in [0.3, 0.4) is 0 Å². The molecule has 1 saturated carbocycles. The van der Waals surface area contributed by atoms with E-state index in [4.69, 9.17) is 16.7 Å². The number of halogens is 1. The summed E-state index contributed by atoms with van der Waals surface area (Å²) in [5, 5.41) is 12.4. The van der Waals surface area contributed by atoms with Gasteiger partial charge in [0.15, 0.2) is 0 Å². The van der Waals surface area contributed by atoms with Crippen LogP contribution in [0.5, 0.6) is 0 Å². The molecular formula is C15H18ClNO3. The van der Waals surface area contributed by atoms with Crippen molar-refractivity contribution >= 4 is 23.5 Å². The molecule has 1 fully saturated rings. The van der Waals surface area contributed by atoms with Crippen LogP contribution in [-0.4, -0.2) is 23.0 Å². The van der Waals surface area contributed by atoms with Crippen molar-refractivity contribution in [3.8, 4) is 0 Å². The SMILES string of the molecule is CC(Cc1cccc(Cl)c1)C(=O)NC(C(=O)O)C1CC1. The smallest absolute Gasteiger partial charge is 0.326 e. The lowest BCUT2D eigenvalue weighted by molar-refractivity contribution is -0.143. The number of benzene rings is 1. The predicted molar refractivity (Wildman–Crippen MR) is 76.6 cm³/mol. The van der Waals surface area contributed by atoms with Gasteiger partial charge in [-0.15, -0.1) is 0 Å². The molecular weight excluding hydrogens is 278 g/mol. The van der Waals surface area contributed by atoms with Crippen LogP contribution in [0.1, 0.15) is 25.3 Å². The molecule has 1 aromatic rings. The molecule has 0 radical (unpaired) electrons. The molecule has 2 rings (SSSR count). The Hall–Kier alpha value is -1.55. The first-order valence-corrected chi connectivity index (χ1v) is 7.13. The molecule has 5 heteroatoms. The summed E-state index contributed by atoms with van der Waals surface area (Å²) in [6.07, 6.45) is 2.29. The lowest BCUT2D eigenvalue weighted by Crippen LogP contribution is -2.44. The van der Waals surface area contributed by atoms with Gasteiger partial charge < -0.3 is 10.4 Å². The number of carbonyl (C=O) groups is 2. The van der Waals surface area contributed by atoms with Gasteiger partial charge in [-0.3, -0.25) is 4.79 Å². The summed E-state index contributed by atoms with van der Waals surface area (Å²) < 4.78 is 0. The van der Waals surface area contributed by atoms with Crippen LogP contribution >= 0.6 is 11.6 Å². The fourth-order valence-electron chi connectivity index (χ4n) is 2.22. The van der Waals surface area contributed by atoms with E-state index in [9.17, 15) is 9.59 Å². The third-order valence-corrected chi connectivity index (χ3v) is 3.77. The predicted octanol–water partition coefficient (Wildman–Crippen LogP) is 2.50. The number of amides is 1. The molecule has 1 aliphatic carbocycles. The highest BCUT2D eigenvalue weighted by molar-refractivity contribution is 6.30. The van der Waals surface area contributed by atoms with Crippen LogP contribution in [0, 0.1) is 11.8 Å². The quantitative estimate of drug-likeness (QED) is 0.847. The van der Waals surface area contributed by atoms with Gasteiger partial charge in [-0.25, -0.2) is 4.79 Å². The third kappa shape index (κ3) is 3.97. The van der Waals surface area contributed by atoms with Gasteiger partial charge in [-0.2, -0.15) is 0 Å². The monoisotopic (exact) mass is 295 g/mol. The summed E-state index contributed by atoms with van der Waals surface area (Å²) in [6, 6.07) is 6.60. The summed E-state index contributed by atoms with van der Waals surface area (Å²) in [5.74, 6) is -1.36. The number of aliphatic carboxylic acids is 1. The average molecular weight is 296 g/mol. The van der Waals surface area contributed by atoms with Crippen molar-refractivity contribution in [2.45, 2.75) is 32.2 Å². The fourth-order valence-corrected chi connectivity index (χ4v) is 2.43. The van der Waals surface area contributed by atoms with Crippen molar-refractivity contribution in [2.24, 2.45) is 11.8 Å². The third-order valence-electron chi connectivity index (χ3n) is 3.54. The highest BCUT2D eigenvalue weighted by Gasteiger charge is 2.37. The number of carboxylic acids is 1. The number of rotatable bonds is 6. The largest absolute Gasteiger partial charge is 0.480 e. The molecule has 0 heterocycles. The molecule has 1 amide bonds. The van der Waals surface area contributed by atoms with Gasteiger partial charge in [0, 0.05) is 10.9 Å². The number of hydrogen-bond acceptors (Lipinski definition) is 2. The minimum atomic E-state index is -0.948. The minimum Gasteiger partial charge on any atom is -0.480 e. The average Bonchev–Trinajstić information content (AvgIpc) is 3.19. The molecule has 2 N–H and O–H groups in total. The van der Waals surface area contributed by atoms with Crippen molar-refractivity contribution < 1.29 is 14.7 Å². The van der Waals surface area contributed by atoms with Crippen molar-refractivity contribution in [1.29, 1.82) is 0 Å². The van der Waals surface area contributed by atoms with Crippen LogP contribution in [0.15, 0.2) is 24.3 Å². The zero-order valence-electron chi connectivity index (χ0n) is 11.3. The Bertz CT molecular complexity index is 514. The van der Waals surface area contributed by atoms with Gasteiger partial charge in [0.2, 0.25) is 5.91 Å². The second-order valence-electron chi connectivity index (χ2n) is 5.40. The number of carboxylic acid groups (broad SMARTS) is 1. The molecule has 0 aliphatic heterocycles. The maximum atomic E-state index is 12.1. The Morgan fingerprint density at radius 1 is 1.45 bits per heavy atom. The number of nitrogens with one attached hydrogen (secondary N) is 1. The van der Waals surface area contributed by atoms with Crippen LogP contribution in [-0.2, 0) is 16.0 Å². The second kappa shape index (κ2) is 6.27. The van der Waals surface area contributed by atoms with Gasteiger partial charge in [0.25, 0.3) is 0 Å². The van der Waals surface area contributed by atoms with Crippen LogP contribution in [0.25, 0.3) is 0 Å². The molecule has 108 valence electrons. The van der Waals surface area contributed by atoms with E-state index in [2.05, 4.69) is 5.32 Å². The van der Waals surface area contributed by atoms with Crippen LogP contribution < -0.4 is 5.32 Å². The van der Waals surface area contributed by atoms with E-state index < -0.39 is 12.0 Å². The fraction of sp³-hybridized carbons (Fsp3) is 0.467. The summed E-state index contributed by atoms with van der Waals surface area (Å²) >= 11 is 5.91. The van der Waals surface area contributed by atoms with E-state index in [1.807, 2.05) is 18.2 Å². The first-order valence-electron chi connectivity index (χ1n) is 6.75. The number of carbonyl (C=O) groups excluding carboxylic acids is 1. The highest BCUT2D eigenvalue weighted by Crippen LogP contribution is 2.32. The molecule has 0 spiro atoms. The zero-order chi connectivity index (χ0) is 14.7. The maximum absolute atomic E-state index is 12.1. The molecule has 2 unspecified atom stereocenters. The van der Waals surface area contributed by atoms with Gasteiger partial charge in [-0.1, -0.05) is 30.7 Å². The molecule has 1 aromatic carbocycles. The Morgan fingerprint density at radius 3 is 2.70 bits per heavy atom. The topological polar surface area (TPSA) is 66.4 Å². The van der Waals surface area contributed by atoms with E-state index >= 15 is 0 Å². The highest BCUT2D eigenvalue weighted by atomic mass is 35.5. The van der Waals surface area contributed by atoms with Gasteiger partial charge in [-0.05, 0) is 42.9 Å². The minimum absolute atomic E-state index is 0.0924. The van der Waals surface area contributed by atoms with Crippen LogP contribution in [0.4, 0.5) is 0 Å². The first kappa shape index (κ1) is 14.9. The first-order chi connectivity index (χ1) is 9.47. The molecule has 4 nitrogen and oxygen atoms in total. The summed E-state index contributed by atoms with van der Waals surface area (Å²) in [5.41, 5.74) is 0.971. The van der Waals surface area contributed by atoms with Crippen LogP contribution in [0.2, 0.25) is 5.02 Å². The van der Waals surface area contributed by atoms with Crippen molar-refractivity contribution in [3.05, 3.63) is 34.9 Å². The molecule has 0 saturated heterocycles. The molecule has 2 atom stereocenters. The maximum Gasteiger partial charge on any atom is 0.326 e. The molecule has 0 aromatic heterocycles. The van der Waals surface area contributed by atoms with Gasteiger partial charge >= 0.3 is 5.97 Å². The molecule has 1 aliphatic rings. The Balaban J connectivity index is 1.92. The van der Waals surface area contributed by atoms with Crippen molar-refractivity contribution in [1.82, 2.24) is 5.32 Å². The van der Waals surface area contributed by atoms with E-state index in [1.165, 1.54) is 0 Å². The second-order valence-corrected chi connectivity index (χ2v) is 5.83. The van der Waals surface area contributed by atoms with Gasteiger partial charge in [0.1, 0.15) is 6.04 Å². The standard InChI is InChI=1S/C15H18ClNO3/c1-9(7-10-3-2-4-12(16)8-10)14(18)17-13(15(19)20)11-5-6-11/h2-4,8-9,11,13H,5-7H2,1H3,(H,17,18)(H,19,20). The normalized spacial score (nSPS) is 17.3. The van der Waals surface area contributed by atoms with Gasteiger partial charge in [0.05, 0.1) is 0 Å². The lowest BCUT2D eigenvalue weighted by Gasteiger charge is -2.17. The van der Waals surface area contributed by atoms with E-state index in [0.29, 0.717) is 11.4 Å². The van der Waals surface area contributed by atoms with E-state index in [0.717, 1.165) is 18.4 Å². The zero-order valence-corrected chi connectivity index (χ0v) is 12.1. The summed E-state index contributed by atoms with van der Waals surface area (Å²) in [6.45, 7) is 1.79. The Kier molecular flexibility index (Phi) is 4.65.